The molecule has 0 saturated carbocycles. The molecule has 4 aromatic rings. The number of hydrogen-bond acceptors (Lipinski definition) is 6. The summed E-state index contributed by atoms with van der Waals surface area (Å²) in [6, 6.07) is 19.4. The maximum atomic E-state index is 12.0. The number of aliphatic hydroxyl groups excluding tert-OH is 1. The molecular weight excluding hydrogens is 398 g/mol. The van der Waals surface area contributed by atoms with Crippen LogP contribution < -0.4 is 15.5 Å². The first-order valence-electron chi connectivity index (χ1n) is 9.41. The average Bonchev–Trinajstić information content (AvgIpc) is 3.20. The number of ether oxygens (including phenoxy) is 1. The topological polar surface area (TPSA) is 83.0 Å². The quantitative estimate of drug-likeness (QED) is 0.242. The minimum absolute atomic E-state index is 0.0659. The number of benzene rings is 3. The van der Waals surface area contributed by atoms with Gasteiger partial charge in [-0.2, -0.15) is 5.10 Å². The second-order valence-corrected chi connectivity index (χ2v) is 7.65. The molecule has 7 heteroatoms. The number of rotatable bonds is 7. The minimum atomic E-state index is -0.966. The molecule has 1 aromatic heterocycles. The fourth-order valence-corrected chi connectivity index (χ4v) is 4.07. The third-order valence-electron chi connectivity index (χ3n) is 4.75. The van der Waals surface area contributed by atoms with Crippen LogP contribution in [0.25, 0.3) is 20.9 Å². The number of hydrazone groups is 1. The molecule has 0 unspecified atom stereocenters. The molecule has 0 fully saturated rings. The van der Waals surface area contributed by atoms with Gasteiger partial charge in [0.2, 0.25) is 0 Å². The Kier molecular flexibility index (Phi) is 6.04. The summed E-state index contributed by atoms with van der Waals surface area (Å²) in [5, 5.41) is 22.3. The van der Waals surface area contributed by atoms with Crippen molar-refractivity contribution >= 4 is 44.3 Å². The zero-order chi connectivity index (χ0) is 20.9. The molecule has 1 atom stereocenters. The molecule has 0 bridgehead atoms. The van der Waals surface area contributed by atoms with Crippen LogP contribution in [-0.2, 0) is 4.79 Å². The Hall–Kier alpha value is -3.26. The van der Waals surface area contributed by atoms with Crippen LogP contribution in [0.5, 0.6) is 5.75 Å². The van der Waals surface area contributed by atoms with Crippen molar-refractivity contribution in [3.63, 3.8) is 0 Å². The molecule has 152 valence electrons. The van der Waals surface area contributed by atoms with Gasteiger partial charge in [0.1, 0.15) is 12.0 Å². The Morgan fingerprint density at radius 3 is 2.83 bits per heavy atom. The molecule has 6 nitrogen and oxygen atoms in total. The molecule has 0 radical (unpaired) electrons. The van der Waals surface area contributed by atoms with Crippen LogP contribution in [0.3, 0.4) is 0 Å². The summed E-state index contributed by atoms with van der Waals surface area (Å²) in [5.41, 5.74) is 4.11. The van der Waals surface area contributed by atoms with E-state index in [1.807, 2.05) is 66.0 Å². The highest BCUT2D eigenvalue weighted by Crippen LogP contribution is 2.25. The van der Waals surface area contributed by atoms with Crippen LogP contribution in [0.2, 0.25) is 0 Å². The van der Waals surface area contributed by atoms with Crippen molar-refractivity contribution in [3.05, 3.63) is 77.2 Å². The Bertz CT molecular complexity index is 1220. The van der Waals surface area contributed by atoms with Gasteiger partial charge in [0.25, 0.3) is 5.91 Å². The van der Waals surface area contributed by atoms with Crippen molar-refractivity contribution in [1.29, 1.82) is 0 Å². The van der Waals surface area contributed by atoms with Gasteiger partial charge in [-0.05, 0) is 40.6 Å². The van der Waals surface area contributed by atoms with E-state index in [9.17, 15) is 9.90 Å². The van der Waals surface area contributed by atoms with Gasteiger partial charge >= 0.3 is 0 Å². The smallest absolute Gasteiger partial charge is 0.254 e. The van der Waals surface area contributed by atoms with Gasteiger partial charge in [-0.15, -0.1) is 11.3 Å². The maximum absolute atomic E-state index is 12.0. The first-order chi connectivity index (χ1) is 14.6. The summed E-state index contributed by atoms with van der Waals surface area (Å²) in [6.45, 7) is -0.0659. The summed E-state index contributed by atoms with van der Waals surface area (Å²) in [4.78, 5) is 12.0. The molecule has 0 aliphatic heterocycles. The Labute approximate surface area is 177 Å². The zero-order valence-electron chi connectivity index (χ0n) is 16.3. The molecule has 1 amide bonds. The lowest BCUT2D eigenvalue weighted by atomic mass is 10.1. The van der Waals surface area contributed by atoms with Crippen LogP contribution >= 0.6 is 11.3 Å². The van der Waals surface area contributed by atoms with Crippen molar-refractivity contribution in [2.45, 2.75) is 6.23 Å². The minimum Gasteiger partial charge on any atom is -0.497 e. The number of fused-ring (bicyclic) bond motifs is 2. The third-order valence-corrected chi connectivity index (χ3v) is 5.73. The van der Waals surface area contributed by atoms with E-state index in [-0.39, 0.29) is 12.5 Å². The lowest BCUT2D eigenvalue weighted by molar-refractivity contribution is -0.120. The number of methoxy groups -OCH3 is 1. The summed E-state index contributed by atoms with van der Waals surface area (Å²) in [5.74, 6) is 0.442. The number of amides is 1. The van der Waals surface area contributed by atoms with E-state index in [1.165, 1.54) is 4.70 Å². The van der Waals surface area contributed by atoms with Crippen LogP contribution in [0.4, 0.5) is 0 Å². The van der Waals surface area contributed by atoms with Crippen LogP contribution in [0, 0.1) is 0 Å². The Morgan fingerprint density at radius 1 is 1.17 bits per heavy atom. The summed E-state index contributed by atoms with van der Waals surface area (Å²) < 4.78 is 6.39. The molecule has 30 heavy (non-hydrogen) atoms. The number of thiophene rings is 1. The highest BCUT2D eigenvalue weighted by atomic mass is 32.1. The first kappa shape index (κ1) is 20.0. The van der Waals surface area contributed by atoms with Gasteiger partial charge in [-0.1, -0.05) is 36.4 Å². The van der Waals surface area contributed by atoms with Crippen molar-refractivity contribution < 1.29 is 14.6 Å². The van der Waals surface area contributed by atoms with E-state index >= 15 is 0 Å². The van der Waals surface area contributed by atoms with Gasteiger partial charge in [0, 0.05) is 21.0 Å². The summed E-state index contributed by atoms with van der Waals surface area (Å²) in [7, 11) is 1.63. The SMILES string of the molecule is COc1ccc2cc([C@@H](O)NCC(=O)N/N=C/c3csc4ccccc34)ccc2c1. The molecule has 0 spiro atoms. The summed E-state index contributed by atoms with van der Waals surface area (Å²) in [6.07, 6.45) is 0.664. The number of carbonyl (C=O) groups excluding carboxylic acids is 1. The summed E-state index contributed by atoms with van der Waals surface area (Å²) >= 11 is 1.63. The fourth-order valence-electron chi connectivity index (χ4n) is 3.16. The number of nitrogens with zero attached hydrogens (tertiary/aromatic N) is 1. The Balaban J connectivity index is 1.32. The normalized spacial score (nSPS) is 12.5. The highest BCUT2D eigenvalue weighted by Gasteiger charge is 2.10. The van der Waals surface area contributed by atoms with Gasteiger partial charge in [-0.3, -0.25) is 10.1 Å². The molecule has 3 aromatic carbocycles. The molecule has 0 aliphatic rings. The van der Waals surface area contributed by atoms with Crippen molar-refractivity contribution in [2.24, 2.45) is 5.10 Å². The Morgan fingerprint density at radius 2 is 1.97 bits per heavy atom. The number of carbonyl (C=O) groups is 1. The van der Waals surface area contributed by atoms with Crippen molar-refractivity contribution in [3.8, 4) is 5.75 Å². The van der Waals surface area contributed by atoms with Gasteiger partial charge in [0.15, 0.2) is 0 Å². The van der Waals surface area contributed by atoms with Gasteiger partial charge in [0.05, 0.1) is 19.9 Å². The highest BCUT2D eigenvalue weighted by molar-refractivity contribution is 7.17. The molecule has 1 heterocycles. The zero-order valence-corrected chi connectivity index (χ0v) is 17.1. The molecule has 3 N–H and O–H groups in total. The van der Waals surface area contributed by atoms with Gasteiger partial charge < -0.3 is 9.84 Å². The van der Waals surface area contributed by atoms with E-state index < -0.39 is 6.23 Å². The predicted molar refractivity (Wildman–Crippen MR) is 121 cm³/mol. The predicted octanol–water partition coefficient (Wildman–Crippen LogP) is 3.79. The van der Waals surface area contributed by atoms with E-state index in [0.717, 1.165) is 27.5 Å². The lowest BCUT2D eigenvalue weighted by Crippen LogP contribution is -2.33. The molecule has 4 rings (SSSR count). The number of hydrogen-bond donors (Lipinski definition) is 3. The molecule has 0 saturated heterocycles. The van der Waals surface area contributed by atoms with Crippen LogP contribution in [0.15, 0.2) is 71.1 Å². The largest absolute Gasteiger partial charge is 0.497 e. The van der Waals surface area contributed by atoms with Crippen LogP contribution in [0.1, 0.15) is 17.4 Å². The lowest BCUT2D eigenvalue weighted by Gasteiger charge is -2.13. The monoisotopic (exact) mass is 419 g/mol. The first-order valence-corrected chi connectivity index (χ1v) is 10.3. The third kappa shape index (κ3) is 4.49. The average molecular weight is 420 g/mol. The standard InChI is InChI=1S/C23H21N3O3S/c1-29-19-9-8-15-10-17(7-6-16(15)11-19)23(28)24-13-22(27)26-25-12-18-14-30-21-5-3-2-4-20(18)21/h2-12,14,23-24,28H,13H2,1H3,(H,26,27)/b25-12+/t23-/m1/s1. The number of aliphatic hydroxyl groups is 1. The van der Waals surface area contributed by atoms with Crippen molar-refractivity contribution in [1.82, 2.24) is 10.7 Å². The van der Waals surface area contributed by atoms with E-state index in [4.69, 9.17) is 4.74 Å². The maximum Gasteiger partial charge on any atom is 0.254 e. The second kappa shape index (κ2) is 9.04. The van der Waals surface area contributed by atoms with E-state index in [1.54, 1.807) is 24.7 Å². The van der Waals surface area contributed by atoms with E-state index in [2.05, 4.69) is 15.8 Å². The number of nitrogens with one attached hydrogen (secondary N) is 2. The second-order valence-electron chi connectivity index (χ2n) is 6.74. The molecule has 0 aliphatic carbocycles. The van der Waals surface area contributed by atoms with Crippen molar-refractivity contribution in [2.75, 3.05) is 13.7 Å². The fraction of sp³-hybridized carbons (Fsp3) is 0.130. The molecular formula is C23H21N3O3S. The van der Waals surface area contributed by atoms with Crippen LogP contribution in [-0.4, -0.2) is 30.9 Å². The van der Waals surface area contributed by atoms with Gasteiger partial charge in [-0.25, -0.2) is 5.43 Å². The van der Waals surface area contributed by atoms with E-state index in [0.29, 0.717) is 5.56 Å².